The van der Waals surface area contributed by atoms with Crippen LogP contribution in [-0.2, 0) is 6.42 Å². The van der Waals surface area contributed by atoms with Gasteiger partial charge in [-0.1, -0.05) is 5.16 Å². The molecule has 1 heterocycles. The monoisotopic (exact) mass is 154 g/mol. The largest absolute Gasteiger partial charge is 0.388 e. The molecule has 0 unspecified atom stereocenters. The lowest BCUT2D eigenvalue weighted by molar-refractivity contribution is 0.379. The molecule has 0 aliphatic carbocycles. The third-order valence-electron chi connectivity index (χ3n) is 1.09. The molecular weight excluding hydrogens is 144 g/mol. The molecule has 0 fully saturated rings. The van der Waals surface area contributed by atoms with E-state index in [4.69, 9.17) is 10.3 Å². The van der Waals surface area contributed by atoms with Crippen LogP contribution in [0.3, 0.4) is 0 Å². The number of hydrogen-bond donors (Lipinski definition) is 1. The van der Waals surface area contributed by atoms with Crippen LogP contribution in [0.25, 0.3) is 0 Å². The van der Waals surface area contributed by atoms with Crippen molar-refractivity contribution in [3.8, 4) is 0 Å². The van der Waals surface area contributed by atoms with E-state index in [-0.39, 0.29) is 0 Å². The van der Waals surface area contributed by atoms with Crippen molar-refractivity contribution in [3.05, 3.63) is 12.2 Å². The molecule has 1 aromatic rings. The molecule has 5 nitrogen and oxygen atoms in total. The lowest BCUT2D eigenvalue weighted by atomic mass is 10.4. The highest BCUT2D eigenvalue weighted by atomic mass is 16.5. The summed E-state index contributed by atoms with van der Waals surface area (Å²) in [5.74, 6) is 1.17. The highest BCUT2D eigenvalue weighted by Crippen LogP contribution is 1.91. The summed E-state index contributed by atoms with van der Waals surface area (Å²) in [6, 6.07) is 0. The van der Waals surface area contributed by atoms with E-state index in [0.29, 0.717) is 24.7 Å². The van der Waals surface area contributed by atoms with Crippen molar-refractivity contribution in [2.45, 2.75) is 13.3 Å². The summed E-state index contributed by atoms with van der Waals surface area (Å²) in [5.41, 5.74) is 5.32. The minimum atomic E-state index is 0.574. The summed E-state index contributed by atoms with van der Waals surface area (Å²) in [4.78, 5) is 7.79. The van der Waals surface area contributed by atoms with Gasteiger partial charge >= 0.3 is 0 Å². The summed E-state index contributed by atoms with van der Waals surface area (Å²) >= 11 is 0. The van der Waals surface area contributed by atoms with E-state index in [2.05, 4.69) is 15.1 Å². The predicted molar refractivity (Wildman–Crippen MR) is 40.2 cm³/mol. The topological polar surface area (TPSA) is 77.3 Å². The number of aliphatic imine (C=N–C) groups is 1. The summed E-state index contributed by atoms with van der Waals surface area (Å²) in [6.07, 6.45) is 2.02. The lowest BCUT2D eigenvalue weighted by Gasteiger charge is -1.89. The second-order valence-corrected chi connectivity index (χ2v) is 2.11. The van der Waals surface area contributed by atoms with Gasteiger partial charge in [0.25, 0.3) is 0 Å². The minimum absolute atomic E-state index is 0.574. The molecule has 2 N–H and O–H groups in total. The van der Waals surface area contributed by atoms with Crippen LogP contribution >= 0.6 is 0 Å². The molecule has 0 aliphatic rings. The standard InChI is InChI=1S/C6H10N4O/c1-5(7)8-3-2-6-9-4-10-11-6/h4H,2-3H2,1H3,(H2,7,8). The van der Waals surface area contributed by atoms with Gasteiger partial charge in [0.2, 0.25) is 5.89 Å². The fraction of sp³-hybridized carbons (Fsp3) is 0.500. The molecule has 0 amide bonds. The fourth-order valence-electron chi connectivity index (χ4n) is 0.634. The smallest absolute Gasteiger partial charge is 0.228 e. The molecule has 0 atom stereocenters. The Labute approximate surface area is 64.3 Å². The maximum absolute atomic E-state index is 5.32. The second kappa shape index (κ2) is 3.70. The molecule has 5 heteroatoms. The number of nitrogens with two attached hydrogens (primary N) is 1. The summed E-state index contributed by atoms with van der Waals surface area (Å²) in [6.45, 7) is 2.35. The van der Waals surface area contributed by atoms with Crippen molar-refractivity contribution in [3.63, 3.8) is 0 Å². The molecule has 0 aliphatic heterocycles. The fourth-order valence-corrected chi connectivity index (χ4v) is 0.634. The van der Waals surface area contributed by atoms with E-state index in [1.807, 2.05) is 0 Å². The molecule has 0 spiro atoms. The maximum Gasteiger partial charge on any atom is 0.228 e. The van der Waals surface area contributed by atoms with E-state index < -0.39 is 0 Å². The normalized spacial score (nSPS) is 11.9. The van der Waals surface area contributed by atoms with Gasteiger partial charge in [0.15, 0.2) is 6.33 Å². The first-order chi connectivity index (χ1) is 5.29. The van der Waals surface area contributed by atoms with Crippen molar-refractivity contribution in [2.24, 2.45) is 10.7 Å². The van der Waals surface area contributed by atoms with Gasteiger partial charge in [-0.05, 0) is 6.92 Å². The minimum Gasteiger partial charge on any atom is -0.388 e. The maximum atomic E-state index is 5.32. The van der Waals surface area contributed by atoms with Gasteiger partial charge in [0, 0.05) is 13.0 Å². The van der Waals surface area contributed by atoms with Crippen LogP contribution in [0.5, 0.6) is 0 Å². The van der Waals surface area contributed by atoms with Crippen molar-refractivity contribution >= 4 is 5.84 Å². The molecule has 1 rings (SSSR count). The Kier molecular flexibility index (Phi) is 2.59. The predicted octanol–water partition coefficient (Wildman–Crippen LogP) is -0.0108. The van der Waals surface area contributed by atoms with Crippen molar-refractivity contribution in [1.82, 2.24) is 10.1 Å². The zero-order chi connectivity index (χ0) is 8.10. The van der Waals surface area contributed by atoms with Crippen LogP contribution in [0, 0.1) is 0 Å². The molecule has 0 saturated carbocycles. The highest BCUT2D eigenvalue weighted by Gasteiger charge is 1.95. The summed E-state index contributed by atoms with van der Waals surface area (Å²) < 4.78 is 4.74. The van der Waals surface area contributed by atoms with Gasteiger partial charge in [-0.15, -0.1) is 0 Å². The quantitative estimate of drug-likeness (QED) is 0.490. The van der Waals surface area contributed by atoms with Gasteiger partial charge in [-0.2, -0.15) is 4.98 Å². The first-order valence-electron chi connectivity index (χ1n) is 3.31. The zero-order valence-corrected chi connectivity index (χ0v) is 6.32. The van der Waals surface area contributed by atoms with Crippen molar-refractivity contribution in [2.75, 3.05) is 6.54 Å². The van der Waals surface area contributed by atoms with E-state index in [9.17, 15) is 0 Å². The van der Waals surface area contributed by atoms with Crippen LogP contribution in [0.1, 0.15) is 12.8 Å². The Morgan fingerprint density at radius 2 is 2.64 bits per heavy atom. The Bertz CT molecular complexity index is 225. The van der Waals surface area contributed by atoms with Gasteiger partial charge in [-0.3, -0.25) is 4.99 Å². The molecule has 0 aromatic carbocycles. The average molecular weight is 154 g/mol. The first kappa shape index (κ1) is 7.71. The number of hydrogen-bond acceptors (Lipinski definition) is 4. The third kappa shape index (κ3) is 2.79. The second-order valence-electron chi connectivity index (χ2n) is 2.11. The van der Waals surface area contributed by atoms with Gasteiger partial charge < -0.3 is 10.3 Å². The molecule has 0 saturated heterocycles. The molecule has 60 valence electrons. The van der Waals surface area contributed by atoms with Crippen LogP contribution in [0.4, 0.5) is 0 Å². The van der Waals surface area contributed by atoms with Crippen LogP contribution in [-0.4, -0.2) is 22.5 Å². The Balaban J connectivity index is 2.30. The average Bonchev–Trinajstić information content (AvgIpc) is 2.39. The third-order valence-corrected chi connectivity index (χ3v) is 1.09. The van der Waals surface area contributed by atoms with Crippen LogP contribution in [0.15, 0.2) is 15.8 Å². The Morgan fingerprint density at radius 3 is 3.18 bits per heavy atom. The SMILES string of the molecule is CC(N)=NCCc1ncno1. The summed E-state index contributed by atoms with van der Waals surface area (Å²) in [5, 5.41) is 3.45. The first-order valence-corrected chi connectivity index (χ1v) is 3.31. The van der Waals surface area contributed by atoms with Crippen molar-refractivity contribution < 1.29 is 4.52 Å². The van der Waals surface area contributed by atoms with Crippen LogP contribution < -0.4 is 5.73 Å². The molecular formula is C6H10N4O. The molecule has 0 bridgehead atoms. The molecule has 1 aromatic heterocycles. The molecule has 0 radical (unpaired) electrons. The van der Waals surface area contributed by atoms with E-state index >= 15 is 0 Å². The van der Waals surface area contributed by atoms with Crippen molar-refractivity contribution in [1.29, 1.82) is 0 Å². The Morgan fingerprint density at radius 1 is 1.82 bits per heavy atom. The van der Waals surface area contributed by atoms with Gasteiger partial charge in [0.1, 0.15) is 0 Å². The van der Waals surface area contributed by atoms with Gasteiger partial charge in [-0.25, -0.2) is 0 Å². The Hall–Kier alpha value is -1.39. The van der Waals surface area contributed by atoms with Crippen LogP contribution in [0.2, 0.25) is 0 Å². The highest BCUT2D eigenvalue weighted by molar-refractivity contribution is 5.77. The van der Waals surface area contributed by atoms with Gasteiger partial charge in [0.05, 0.1) is 5.84 Å². The van der Waals surface area contributed by atoms with E-state index in [1.54, 1.807) is 6.92 Å². The number of nitrogens with zero attached hydrogens (tertiary/aromatic N) is 3. The number of rotatable bonds is 3. The number of amidine groups is 1. The zero-order valence-electron chi connectivity index (χ0n) is 6.32. The number of aromatic nitrogens is 2. The summed E-state index contributed by atoms with van der Waals surface area (Å²) in [7, 11) is 0. The lowest BCUT2D eigenvalue weighted by Crippen LogP contribution is -2.06. The van der Waals surface area contributed by atoms with E-state index in [1.165, 1.54) is 6.33 Å². The molecule has 11 heavy (non-hydrogen) atoms. The van der Waals surface area contributed by atoms with E-state index in [0.717, 1.165) is 0 Å².